The molecule has 0 bridgehead atoms. The lowest BCUT2D eigenvalue weighted by Gasteiger charge is -2.24. The SMILES string of the molecule is C=CCC[C@H]1C[C@@H](n2ccc3c(N)ncnc32)[C@@H]2OC(C)(C)O[C@H]12. The number of rotatable bonds is 4. The van der Waals surface area contributed by atoms with Crippen LogP contribution >= 0.6 is 0 Å². The first-order valence-electron chi connectivity index (χ1n) is 8.54. The molecule has 1 saturated carbocycles. The van der Waals surface area contributed by atoms with Crippen molar-refractivity contribution in [3.05, 3.63) is 31.2 Å². The Hall–Kier alpha value is -1.92. The summed E-state index contributed by atoms with van der Waals surface area (Å²) in [6.07, 6.45) is 8.74. The molecule has 0 radical (unpaired) electrons. The third-order valence-corrected chi connectivity index (χ3v) is 5.19. The molecule has 2 aromatic heterocycles. The summed E-state index contributed by atoms with van der Waals surface area (Å²) in [5.74, 6) is 0.425. The van der Waals surface area contributed by atoms with Crippen LogP contribution in [0.3, 0.4) is 0 Å². The van der Waals surface area contributed by atoms with Crippen molar-refractivity contribution >= 4 is 16.9 Å². The van der Waals surface area contributed by atoms with E-state index >= 15 is 0 Å². The first kappa shape index (κ1) is 15.6. The van der Waals surface area contributed by atoms with Gasteiger partial charge in [-0.05, 0) is 45.1 Å². The molecule has 1 aliphatic carbocycles. The fraction of sp³-hybridized carbons (Fsp3) is 0.556. The molecule has 2 N–H and O–H groups in total. The van der Waals surface area contributed by atoms with Crippen LogP contribution in [0.2, 0.25) is 0 Å². The lowest BCUT2D eigenvalue weighted by molar-refractivity contribution is -0.160. The zero-order valence-corrected chi connectivity index (χ0v) is 14.2. The van der Waals surface area contributed by atoms with Crippen LogP contribution in [0.1, 0.15) is 39.2 Å². The van der Waals surface area contributed by atoms with Crippen molar-refractivity contribution in [2.75, 3.05) is 5.73 Å². The summed E-state index contributed by atoms with van der Waals surface area (Å²) in [6, 6.07) is 2.18. The highest BCUT2D eigenvalue weighted by atomic mass is 16.8. The van der Waals surface area contributed by atoms with Gasteiger partial charge in [-0.25, -0.2) is 9.97 Å². The highest BCUT2D eigenvalue weighted by Gasteiger charge is 2.54. The molecule has 3 heterocycles. The number of hydrogen-bond acceptors (Lipinski definition) is 5. The smallest absolute Gasteiger partial charge is 0.163 e. The van der Waals surface area contributed by atoms with Gasteiger partial charge in [-0.3, -0.25) is 0 Å². The predicted octanol–water partition coefficient (Wildman–Crippen LogP) is 3.06. The Labute approximate surface area is 141 Å². The summed E-state index contributed by atoms with van der Waals surface area (Å²) in [6.45, 7) is 7.82. The van der Waals surface area contributed by atoms with Gasteiger partial charge in [-0.15, -0.1) is 6.58 Å². The summed E-state index contributed by atoms with van der Waals surface area (Å²) < 4.78 is 14.7. The maximum absolute atomic E-state index is 6.25. The third kappa shape index (κ3) is 2.41. The summed E-state index contributed by atoms with van der Waals surface area (Å²) >= 11 is 0. The molecule has 2 aliphatic rings. The van der Waals surface area contributed by atoms with Gasteiger partial charge in [0.1, 0.15) is 23.9 Å². The Balaban J connectivity index is 1.71. The van der Waals surface area contributed by atoms with Gasteiger partial charge >= 0.3 is 0 Å². The van der Waals surface area contributed by atoms with Crippen molar-refractivity contribution in [2.45, 2.75) is 57.1 Å². The monoisotopic (exact) mass is 328 g/mol. The second-order valence-corrected chi connectivity index (χ2v) is 7.21. The maximum Gasteiger partial charge on any atom is 0.163 e. The normalized spacial score (nSPS) is 31.4. The van der Waals surface area contributed by atoms with E-state index in [4.69, 9.17) is 15.2 Å². The van der Waals surface area contributed by atoms with Crippen LogP contribution in [-0.2, 0) is 9.47 Å². The van der Waals surface area contributed by atoms with Crippen molar-refractivity contribution in [2.24, 2.45) is 5.92 Å². The number of nitrogens with zero attached hydrogens (tertiary/aromatic N) is 3. The average molecular weight is 328 g/mol. The fourth-order valence-electron chi connectivity index (χ4n) is 4.20. The lowest BCUT2D eigenvalue weighted by Crippen LogP contribution is -2.27. The zero-order valence-electron chi connectivity index (χ0n) is 14.2. The van der Waals surface area contributed by atoms with Crippen molar-refractivity contribution in [1.29, 1.82) is 0 Å². The second kappa shape index (κ2) is 5.57. The van der Waals surface area contributed by atoms with Crippen LogP contribution in [-0.4, -0.2) is 32.5 Å². The Morgan fingerprint density at radius 2 is 2.17 bits per heavy atom. The molecule has 128 valence electrons. The Morgan fingerprint density at radius 1 is 1.38 bits per heavy atom. The van der Waals surface area contributed by atoms with Crippen LogP contribution in [0.5, 0.6) is 0 Å². The van der Waals surface area contributed by atoms with Gasteiger partial charge in [-0.2, -0.15) is 0 Å². The molecule has 6 heteroatoms. The first-order valence-corrected chi connectivity index (χ1v) is 8.54. The quantitative estimate of drug-likeness (QED) is 0.873. The number of ether oxygens (including phenoxy) is 2. The minimum atomic E-state index is -0.544. The molecular weight excluding hydrogens is 304 g/mol. The summed E-state index contributed by atoms with van der Waals surface area (Å²) in [7, 11) is 0. The van der Waals surface area contributed by atoms with E-state index in [1.807, 2.05) is 32.2 Å². The van der Waals surface area contributed by atoms with Gasteiger partial charge in [0.2, 0.25) is 0 Å². The Bertz CT molecular complexity index is 769. The number of nitrogens with two attached hydrogens (primary N) is 1. The molecule has 2 aromatic rings. The van der Waals surface area contributed by atoms with E-state index in [1.165, 1.54) is 6.33 Å². The van der Waals surface area contributed by atoms with Crippen LogP contribution in [0.25, 0.3) is 11.0 Å². The Kier molecular flexibility index (Phi) is 3.62. The maximum atomic E-state index is 6.25. The van der Waals surface area contributed by atoms with Crippen LogP contribution < -0.4 is 5.73 Å². The molecule has 0 amide bonds. The van der Waals surface area contributed by atoms with Gasteiger partial charge in [-0.1, -0.05) is 6.08 Å². The molecular formula is C18H24N4O2. The summed E-state index contributed by atoms with van der Waals surface area (Å²) in [5.41, 5.74) is 6.84. The standard InChI is InChI=1S/C18H24N4O2/c1-4-5-6-11-9-13(15-14(11)23-18(2,3)24-15)22-8-7-12-16(19)20-10-21-17(12)22/h4,7-8,10-11,13-15H,1,5-6,9H2,2-3H3,(H2,19,20,21)/t11-,13+,14+,15-/m0/s1. The highest BCUT2D eigenvalue weighted by molar-refractivity contribution is 5.86. The topological polar surface area (TPSA) is 75.2 Å². The van der Waals surface area contributed by atoms with E-state index in [-0.39, 0.29) is 18.2 Å². The summed E-state index contributed by atoms with van der Waals surface area (Å²) in [4.78, 5) is 8.52. The van der Waals surface area contributed by atoms with E-state index in [0.29, 0.717) is 11.7 Å². The molecule has 24 heavy (non-hydrogen) atoms. The number of anilines is 1. The van der Waals surface area contributed by atoms with Crippen LogP contribution in [0, 0.1) is 5.92 Å². The van der Waals surface area contributed by atoms with Crippen molar-refractivity contribution < 1.29 is 9.47 Å². The van der Waals surface area contributed by atoms with Crippen molar-refractivity contribution in [1.82, 2.24) is 14.5 Å². The molecule has 0 unspecified atom stereocenters. The predicted molar refractivity (Wildman–Crippen MR) is 92.3 cm³/mol. The number of fused-ring (bicyclic) bond motifs is 2. The summed E-state index contributed by atoms with van der Waals surface area (Å²) in [5, 5.41) is 0.891. The highest BCUT2D eigenvalue weighted by Crippen LogP contribution is 2.49. The van der Waals surface area contributed by atoms with Gasteiger partial charge in [0.25, 0.3) is 0 Å². The zero-order chi connectivity index (χ0) is 16.9. The molecule has 4 rings (SSSR count). The molecule has 0 aromatic carbocycles. The van der Waals surface area contributed by atoms with Crippen molar-refractivity contribution in [3.63, 3.8) is 0 Å². The molecule has 1 saturated heterocycles. The molecule has 2 fully saturated rings. The number of nitrogen functional groups attached to an aromatic ring is 1. The molecule has 4 atom stereocenters. The second-order valence-electron chi connectivity index (χ2n) is 7.21. The third-order valence-electron chi connectivity index (χ3n) is 5.19. The first-order chi connectivity index (χ1) is 11.5. The number of allylic oxidation sites excluding steroid dienone is 1. The van der Waals surface area contributed by atoms with Gasteiger partial charge in [0.05, 0.1) is 17.5 Å². The lowest BCUT2D eigenvalue weighted by atomic mass is 9.99. The van der Waals surface area contributed by atoms with Gasteiger partial charge in [0, 0.05) is 6.20 Å². The van der Waals surface area contributed by atoms with E-state index < -0.39 is 5.79 Å². The van der Waals surface area contributed by atoms with E-state index in [0.717, 1.165) is 30.3 Å². The van der Waals surface area contributed by atoms with Gasteiger partial charge < -0.3 is 19.8 Å². The van der Waals surface area contributed by atoms with E-state index in [1.54, 1.807) is 0 Å². The molecule has 6 nitrogen and oxygen atoms in total. The van der Waals surface area contributed by atoms with Gasteiger partial charge in [0.15, 0.2) is 5.79 Å². The van der Waals surface area contributed by atoms with Crippen LogP contribution in [0.15, 0.2) is 31.2 Å². The number of aromatic nitrogens is 3. The average Bonchev–Trinajstić information content (AvgIpc) is 3.17. The number of hydrogen-bond donors (Lipinski definition) is 1. The largest absolute Gasteiger partial charge is 0.383 e. The molecule has 0 spiro atoms. The minimum Gasteiger partial charge on any atom is -0.383 e. The minimum absolute atomic E-state index is 0.0293. The fourth-order valence-corrected chi connectivity index (χ4v) is 4.20. The van der Waals surface area contributed by atoms with Crippen LogP contribution in [0.4, 0.5) is 5.82 Å². The van der Waals surface area contributed by atoms with Crippen molar-refractivity contribution in [3.8, 4) is 0 Å². The van der Waals surface area contributed by atoms with E-state index in [2.05, 4.69) is 21.1 Å². The van der Waals surface area contributed by atoms with E-state index in [9.17, 15) is 0 Å². The molecule has 1 aliphatic heterocycles. The Morgan fingerprint density at radius 3 is 2.96 bits per heavy atom.